The lowest BCUT2D eigenvalue weighted by Crippen LogP contribution is -2.42. The zero-order valence-electron chi connectivity index (χ0n) is 22.6. The highest BCUT2D eigenvalue weighted by atomic mass is 35.5. The van der Waals surface area contributed by atoms with E-state index < -0.39 is 29.8 Å². The topological polar surface area (TPSA) is 117 Å². The Morgan fingerprint density at radius 1 is 1.21 bits per heavy atom. The number of hydrogen-bond donors (Lipinski definition) is 3. The average Bonchev–Trinajstić information content (AvgIpc) is 3.26. The third kappa shape index (κ3) is 6.66. The number of alkyl halides is 3. The van der Waals surface area contributed by atoms with E-state index in [4.69, 9.17) is 16.3 Å². The molecule has 13 heteroatoms. The van der Waals surface area contributed by atoms with Crippen molar-refractivity contribution < 1.29 is 32.6 Å². The van der Waals surface area contributed by atoms with Crippen molar-refractivity contribution in [3.63, 3.8) is 0 Å². The van der Waals surface area contributed by atoms with Crippen molar-refractivity contribution in [2.24, 2.45) is 0 Å². The Balaban J connectivity index is 1.28. The Morgan fingerprint density at radius 2 is 1.98 bits per heavy atom. The molecule has 2 amide bonds. The Labute approximate surface area is 245 Å². The summed E-state index contributed by atoms with van der Waals surface area (Å²) in [4.78, 5) is 36.3. The fourth-order valence-electron chi connectivity index (χ4n) is 5.08. The van der Waals surface area contributed by atoms with Crippen LogP contribution in [0.3, 0.4) is 0 Å². The Morgan fingerprint density at radius 3 is 2.69 bits per heavy atom. The molecular formula is C29H29ClF3N5O4. The molecule has 1 fully saturated rings. The van der Waals surface area contributed by atoms with Crippen molar-refractivity contribution in [3.05, 3.63) is 75.9 Å². The predicted octanol–water partition coefficient (Wildman–Crippen LogP) is 4.60. The molecule has 222 valence electrons. The molecule has 5 rings (SSSR count). The van der Waals surface area contributed by atoms with Crippen LogP contribution in [0.4, 0.5) is 19.1 Å². The van der Waals surface area contributed by atoms with E-state index >= 15 is 0 Å². The van der Waals surface area contributed by atoms with Crippen LogP contribution in [0, 0.1) is 0 Å². The molecule has 0 saturated carbocycles. The van der Waals surface area contributed by atoms with Gasteiger partial charge < -0.3 is 25.4 Å². The van der Waals surface area contributed by atoms with Gasteiger partial charge in [-0.2, -0.15) is 13.2 Å². The van der Waals surface area contributed by atoms with Gasteiger partial charge in [0.05, 0.1) is 34.6 Å². The van der Waals surface area contributed by atoms with Crippen LogP contribution in [-0.2, 0) is 22.3 Å². The predicted molar refractivity (Wildman–Crippen MR) is 149 cm³/mol. The van der Waals surface area contributed by atoms with Gasteiger partial charge in [-0.15, -0.1) is 0 Å². The van der Waals surface area contributed by atoms with Gasteiger partial charge in [-0.1, -0.05) is 35.9 Å². The van der Waals surface area contributed by atoms with Gasteiger partial charge in [0.2, 0.25) is 11.9 Å². The third-order valence-electron chi connectivity index (χ3n) is 7.27. The Hall–Kier alpha value is -3.74. The summed E-state index contributed by atoms with van der Waals surface area (Å²) in [6.07, 6.45) is -2.60. The smallest absolute Gasteiger partial charge is 0.391 e. The molecule has 1 saturated heterocycles. The van der Waals surface area contributed by atoms with Crippen LogP contribution in [0.5, 0.6) is 0 Å². The first-order valence-corrected chi connectivity index (χ1v) is 13.8. The van der Waals surface area contributed by atoms with Gasteiger partial charge in [-0.3, -0.25) is 9.59 Å². The first-order valence-electron chi connectivity index (χ1n) is 13.4. The van der Waals surface area contributed by atoms with E-state index in [1.807, 2.05) is 0 Å². The van der Waals surface area contributed by atoms with E-state index in [1.54, 1.807) is 18.2 Å². The van der Waals surface area contributed by atoms with Gasteiger partial charge in [-0.25, -0.2) is 9.97 Å². The lowest BCUT2D eigenvalue weighted by molar-refractivity contribution is -0.137. The van der Waals surface area contributed by atoms with Gasteiger partial charge >= 0.3 is 6.18 Å². The summed E-state index contributed by atoms with van der Waals surface area (Å²) in [6.45, 7) is 2.50. The van der Waals surface area contributed by atoms with Crippen LogP contribution in [0.2, 0.25) is 5.02 Å². The SMILES string of the molecule is CC(O)C(NC(=O)CN1Cc2ccc(-c3nc(NC4CCOCC4)ncc3Cl)cc2C1=O)c1cccc(C(F)(F)F)c1. The molecule has 0 radical (unpaired) electrons. The number of benzene rings is 2. The maximum absolute atomic E-state index is 13.3. The minimum Gasteiger partial charge on any atom is -0.391 e. The number of rotatable bonds is 8. The number of halogens is 4. The highest BCUT2D eigenvalue weighted by Gasteiger charge is 2.33. The van der Waals surface area contributed by atoms with Crippen LogP contribution in [0.1, 0.15) is 52.9 Å². The fourth-order valence-corrected chi connectivity index (χ4v) is 5.28. The van der Waals surface area contributed by atoms with Crippen molar-refractivity contribution in [2.45, 2.75) is 50.7 Å². The summed E-state index contributed by atoms with van der Waals surface area (Å²) in [5.74, 6) is -0.595. The molecule has 2 aliphatic rings. The molecule has 2 atom stereocenters. The van der Waals surface area contributed by atoms with E-state index in [0.717, 1.165) is 25.0 Å². The number of aliphatic hydroxyl groups excluding tert-OH is 1. The van der Waals surface area contributed by atoms with E-state index in [9.17, 15) is 27.9 Å². The number of aliphatic hydroxyl groups is 1. The van der Waals surface area contributed by atoms with Crippen molar-refractivity contribution in [1.29, 1.82) is 0 Å². The number of carbonyl (C=O) groups is 2. The van der Waals surface area contributed by atoms with Crippen LogP contribution >= 0.6 is 11.6 Å². The second-order valence-corrected chi connectivity index (χ2v) is 10.8. The maximum atomic E-state index is 13.3. The van der Waals surface area contributed by atoms with Crippen LogP contribution < -0.4 is 10.6 Å². The third-order valence-corrected chi connectivity index (χ3v) is 7.54. The quantitative estimate of drug-likeness (QED) is 0.345. The molecule has 3 N–H and O–H groups in total. The standard InChI is InChI=1S/C29H29ClF3N5O4/c1-16(39)25(17-3-2-4-20(11-17)29(31,32)33)36-24(40)15-38-14-19-6-5-18(12-22(19)27(38)41)26-23(30)13-34-28(37-26)35-21-7-9-42-10-8-21/h2-6,11-13,16,21,25,39H,7-10,14-15H2,1H3,(H,36,40)(H,34,35,37). The summed E-state index contributed by atoms with van der Waals surface area (Å²) in [5, 5.41) is 16.4. The van der Waals surface area contributed by atoms with Crippen LogP contribution in [-0.4, -0.2) is 63.7 Å². The van der Waals surface area contributed by atoms with E-state index in [0.29, 0.717) is 46.6 Å². The number of aromatic nitrogens is 2. The molecule has 42 heavy (non-hydrogen) atoms. The maximum Gasteiger partial charge on any atom is 0.416 e. The zero-order valence-corrected chi connectivity index (χ0v) is 23.4. The lowest BCUT2D eigenvalue weighted by Gasteiger charge is -2.24. The molecular weight excluding hydrogens is 575 g/mol. The summed E-state index contributed by atoms with van der Waals surface area (Å²) in [5.41, 5.74) is 1.35. The normalized spacial score (nSPS) is 17.1. The molecule has 2 aliphatic heterocycles. The number of nitrogens with one attached hydrogen (secondary N) is 2. The van der Waals surface area contributed by atoms with Crippen LogP contribution in [0.25, 0.3) is 11.3 Å². The number of anilines is 1. The summed E-state index contributed by atoms with van der Waals surface area (Å²) < 4.78 is 45.0. The van der Waals surface area contributed by atoms with Crippen molar-refractivity contribution in [2.75, 3.05) is 25.1 Å². The highest BCUT2D eigenvalue weighted by molar-refractivity contribution is 6.33. The average molecular weight is 604 g/mol. The minimum absolute atomic E-state index is 0.0984. The molecule has 1 aromatic heterocycles. The molecule has 0 bridgehead atoms. The molecule has 3 heterocycles. The van der Waals surface area contributed by atoms with E-state index in [2.05, 4.69) is 20.6 Å². The highest BCUT2D eigenvalue weighted by Crippen LogP contribution is 2.33. The number of nitrogens with zero attached hydrogens (tertiary/aromatic N) is 3. The van der Waals surface area contributed by atoms with Gasteiger partial charge in [0.25, 0.3) is 5.91 Å². The van der Waals surface area contributed by atoms with Crippen LogP contribution in [0.15, 0.2) is 48.7 Å². The minimum atomic E-state index is -4.57. The second kappa shape index (κ2) is 12.2. The van der Waals surface area contributed by atoms with Crippen molar-refractivity contribution in [1.82, 2.24) is 20.2 Å². The fraction of sp³-hybridized carbons (Fsp3) is 0.379. The van der Waals surface area contributed by atoms with Gasteiger partial charge in [0, 0.05) is 36.9 Å². The Bertz CT molecular complexity index is 1480. The summed E-state index contributed by atoms with van der Waals surface area (Å²) >= 11 is 6.41. The van der Waals surface area contributed by atoms with Gasteiger partial charge in [-0.05, 0) is 49.1 Å². The number of ether oxygens (including phenoxy) is 1. The number of carbonyl (C=O) groups excluding carboxylic acids is 2. The largest absolute Gasteiger partial charge is 0.416 e. The number of hydrogen-bond acceptors (Lipinski definition) is 7. The first kappa shape index (κ1) is 29.7. The molecule has 2 unspecified atom stereocenters. The molecule has 0 aliphatic carbocycles. The van der Waals surface area contributed by atoms with Crippen molar-refractivity contribution >= 4 is 29.4 Å². The zero-order chi connectivity index (χ0) is 30.0. The van der Waals surface area contributed by atoms with Gasteiger partial charge in [0.1, 0.15) is 6.54 Å². The first-order chi connectivity index (χ1) is 20.0. The van der Waals surface area contributed by atoms with E-state index in [1.165, 1.54) is 30.2 Å². The molecule has 3 aromatic rings. The second-order valence-electron chi connectivity index (χ2n) is 10.4. The molecule has 9 nitrogen and oxygen atoms in total. The lowest BCUT2D eigenvalue weighted by atomic mass is 10.00. The van der Waals surface area contributed by atoms with Gasteiger partial charge in [0.15, 0.2) is 0 Å². The summed E-state index contributed by atoms with van der Waals surface area (Å²) in [7, 11) is 0. The molecule has 2 aromatic carbocycles. The summed E-state index contributed by atoms with van der Waals surface area (Å²) in [6, 6.07) is 8.72. The van der Waals surface area contributed by atoms with E-state index in [-0.39, 0.29) is 30.6 Å². The monoisotopic (exact) mass is 603 g/mol. The number of amides is 2. The molecule has 0 spiro atoms. The number of fused-ring (bicyclic) bond motifs is 1. The Kier molecular flexibility index (Phi) is 8.67. The van der Waals surface area contributed by atoms with Crippen molar-refractivity contribution in [3.8, 4) is 11.3 Å².